The van der Waals surface area contributed by atoms with E-state index in [1.54, 1.807) is 17.6 Å². The zero-order valence-electron chi connectivity index (χ0n) is 5.95. The molecule has 0 aromatic carbocycles. The van der Waals surface area contributed by atoms with Crippen LogP contribution in [0.2, 0.25) is 0 Å². The van der Waals surface area contributed by atoms with Crippen molar-refractivity contribution >= 4 is 50.8 Å². The number of thiophene rings is 1. The molecule has 0 saturated carbocycles. The lowest BCUT2D eigenvalue weighted by Crippen LogP contribution is -2.23. The molecule has 64 valence electrons. The average molecular weight is 264 g/mol. The predicted octanol–water partition coefficient (Wildman–Crippen LogP) is 1.68. The van der Waals surface area contributed by atoms with Gasteiger partial charge in [0, 0.05) is 20.8 Å². The fourth-order valence-corrected chi connectivity index (χ4v) is 1.95. The molecule has 0 bridgehead atoms. The number of hydrogen-bond acceptors (Lipinski definition) is 3. The van der Waals surface area contributed by atoms with Crippen molar-refractivity contribution in [2.24, 2.45) is 10.8 Å². The molecule has 0 aliphatic carbocycles. The smallest absolute Gasteiger partial charge is 0.184 e. The number of rotatable bonds is 2. The van der Waals surface area contributed by atoms with Crippen molar-refractivity contribution in [3.63, 3.8) is 0 Å². The standard InChI is InChI=1S/C6H6BrN3S2/c7-5-3-12-2-4(5)1-9-10-6(8)11/h1-3H,(H3,8,10,11)/b9-1-. The summed E-state index contributed by atoms with van der Waals surface area (Å²) in [6.45, 7) is 0. The number of hydrogen-bond donors (Lipinski definition) is 2. The second kappa shape index (κ2) is 4.54. The third-order valence-corrected chi connectivity index (χ3v) is 2.86. The minimum atomic E-state index is 0.164. The van der Waals surface area contributed by atoms with Crippen LogP contribution >= 0.6 is 39.5 Å². The minimum absolute atomic E-state index is 0.164. The molecule has 1 aromatic heterocycles. The number of hydrazone groups is 1. The van der Waals surface area contributed by atoms with Gasteiger partial charge in [0.05, 0.1) is 6.21 Å². The highest BCUT2D eigenvalue weighted by molar-refractivity contribution is 9.10. The molecule has 0 aliphatic heterocycles. The van der Waals surface area contributed by atoms with Gasteiger partial charge in [-0.05, 0) is 28.1 Å². The molecule has 0 saturated heterocycles. The quantitative estimate of drug-likeness (QED) is 0.485. The van der Waals surface area contributed by atoms with Gasteiger partial charge in [0.1, 0.15) is 0 Å². The van der Waals surface area contributed by atoms with Crippen molar-refractivity contribution in [2.75, 3.05) is 0 Å². The van der Waals surface area contributed by atoms with E-state index in [9.17, 15) is 0 Å². The van der Waals surface area contributed by atoms with Crippen LogP contribution < -0.4 is 11.2 Å². The Morgan fingerprint density at radius 2 is 2.50 bits per heavy atom. The minimum Gasteiger partial charge on any atom is -0.375 e. The third-order valence-electron chi connectivity index (χ3n) is 1.02. The van der Waals surface area contributed by atoms with Crippen LogP contribution in [0, 0.1) is 0 Å². The predicted molar refractivity (Wildman–Crippen MR) is 59.5 cm³/mol. The second-order valence-corrected chi connectivity index (χ2v) is 3.95. The number of thiocarbonyl (C=S) groups is 1. The first-order chi connectivity index (χ1) is 5.70. The van der Waals surface area contributed by atoms with E-state index in [0.29, 0.717) is 0 Å². The highest BCUT2D eigenvalue weighted by Gasteiger charge is 1.95. The summed E-state index contributed by atoms with van der Waals surface area (Å²) in [7, 11) is 0. The molecule has 1 heterocycles. The molecule has 1 aromatic rings. The first-order valence-corrected chi connectivity index (χ1v) is 5.15. The fourth-order valence-electron chi connectivity index (χ4n) is 0.549. The highest BCUT2D eigenvalue weighted by atomic mass is 79.9. The Balaban J connectivity index is 2.57. The molecule has 0 aliphatic rings. The van der Waals surface area contributed by atoms with Gasteiger partial charge in [-0.2, -0.15) is 16.4 Å². The van der Waals surface area contributed by atoms with Crippen LogP contribution in [0.3, 0.4) is 0 Å². The molecule has 1 rings (SSSR count). The lowest BCUT2D eigenvalue weighted by atomic mass is 10.4. The van der Waals surface area contributed by atoms with Crippen LogP contribution in [0.25, 0.3) is 0 Å². The Labute approximate surface area is 87.8 Å². The summed E-state index contributed by atoms with van der Waals surface area (Å²) in [5.41, 5.74) is 8.64. The molecular weight excluding hydrogens is 258 g/mol. The summed E-state index contributed by atoms with van der Waals surface area (Å²) in [6, 6.07) is 0. The topological polar surface area (TPSA) is 50.4 Å². The zero-order chi connectivity index (χ0) is 8.97. The van der Waals surface area contributed by atoms with Crippen LogP contribution in [-0.4, -0.2) is 11.3 Å². The van der Waals surface area contributed by atoms with Crippen LogP contribution in [-0.2, 0) is 0 Å². The maximum atomic E-state index is 5.17. The van der Waals surface area contributed by atoms with Gasteiger partial charge < -0.3 is 5.73 Å². The van der Waals surface area contributed by atoms with Crippen molar-refractivity contribution in [3.05, 3.63) is 20.8 Å². The number of halogens is 1. The Morgan fingerprint density at radius 1 is 1.75 bits per heavy atom. The molecule has 3 nitrogen and oxygen atoms in total. The molecule has 0 fully saturated rings. The Kier molecular flexibility index (Phi) is 3.64. The monoisotopic (exact) mass is 263 g/mol. The summed E-state index contributed by atoms with van der Waals surface area (Å²) in [6.07, 6.45) is 1.65. The molecule has 0 radical (unpaired) electrons. The zero-order valence-corrected chi connectivity index (χ0v) is 9.17. The van der Waals surface area contributed by atoms with Crippen LogP contribution in [0.1, 0.15) is 5.56 Å². The fraction of sp³-hybridized carbons (Fsp3) is 0. The van der Waals surface area contributed by atoms with Gasteiger partial charge >= 0.3 is 0 Å². The molecular formula is C6H6BrN3S2. The largest absolute Gasteiger partial charge is 0.375 e. The first-order valence-electron chi connectivity index (χ1n) is 3.00. The van der Waals surface area contributed by atoms with E-state index in [2.05, 4.69) is 38.7 Å². The van der Waals surface area contributed by atoms with E-state index in [1.165, 1.54) is 0 Å². The van der Waals surface area contributed by atoms with Crippen LogP contribution in [0.15, 0.2) is 20.3 Å². The number of nitrogens with zero attached hydrogens (tertiary/aromatic N) is 1. The molecule has 3 N–H and O–H groups in total. The van der Waals surface area contributed by atoms with E-state index >= 15 is 0 Å². The summed E-state index contributed by atoms with van der Waals surface area (Å²) < 4.78 is 1.01. The Morgan fingerprint density at radius 3 is 3.00 bits per heavy atom. The van der Waals surface area contributed by atoms with Crippen molar-refractivity contribution in [1.29, 1.82) is 0 Å². The van der Waals surface area contributed by atoms with Crippen LogP contribution in [0.4, 0.5) is 0 Å². The van der Waals surface area contributed by atoms with E-state index in [1.807, 2.05) is 10.8 Å². The van der Waals surface area contributed by atoms with Gasteiger partial charge in [0.15, 0.2) is 5.11 Å². The van der Waals surface area contributed by atoms with E-state index < -0.39 is 0 Å². The SMILES string of the molecule is NC(=S)N/N=C\c1cscc1Br. The Hall–Kier alpha value is -0.460. The summed E-state index contributed by atoms with van der Waals surface area (Å²) in [5, 5.41) is 7.92. The summed E-state index contributed by atoms with van der Waals surface area (Å²) in [5.74, 6) is 0. The van der Waals surface area contributed by atoms with E-state index in [4.69, 9.17) is 5.73 Å². The van der Waals surface area contributed by atoms with Gasteiger partial charge in [-0.1, -0.05) is 0 Å². The maximum absolute atomic E-state index is 5.17. The highest BCUT2D eigenvalue weighted by Crippen LogP contribution is 2.18. The lowest BCUT2D eigenvalue weighted by molar-refractivity contribution is 1.04. The average Bonchev–Trinajstić information content (AvgIpc) is 2.36. The van der Waals surface area contributed by atoms with Crippen molar-refractivity contribution in [3.8, 4) is 0 Å². The molecule has 0 unspecified atom stereocenters. The molecule has 0 amide bonds. The van der Waals surface area contributed by atoms with Gasteiger partial charge in [0.25, 0.3) is 0 Å². The van der Waals surface area contributed by atoms with Crippen molar-refractivity contribution in [2.45, 2.75) is 0 Å². The van der Waals surface area contributed by atoms with Crippen molar-refractivity contribution < 1.29 is 0 Å². The summed E-state index contributed by atoms with van der Waals surface area (Å²) in [4.78, 5) is 0. The first kappa shape index (κ1) is 9.63. The molecule has 0 spiro atoms. The van der Waals surface area contributed by atoms with Gasteiger partial charge in [-0.25, -0.2) is 0 Å². The van der Waals surface area contributed by atoms with Crippen LogP contribution in [0.5, 0.6) is 0 Å². The number of nitrogens with one attached hydrogen (secondary N) is 1. The van der Waals surface area contributed by atoms with E-state index in [-0.39, 0.29) is 5.11 Å². The van der Waals surface area contributed by atoms with Gasteiger partial charge in [0.2, 0.25) is 0 Å². The van der Waals surface area contributed by atoms with Crippen molar-refractivity contribution in [1.82, 2.24) is 5.43 Å². The molecule has 6 heteroatoms. The van der Waals surface area contributed by atoms with Gasteiger partial charge in [-0.15, -0.1) is 0 Å². The van der Waals surface area contributed by atoms with Gasteiger partial charge in [-0.3, -0.25) is 5.43 Å². The van der Waals surface area contributed by atoms with E-state index in [0.717, 1.165) is 10.0 Å². The Bertz CT molecular complexity index is 307. The maximum Gasteiger partial charge on any atom is 0.184 e. The molecule has 0 atom stereocenters. The normalized spacial score (nSPS) is 10.4. The second-order valence-electron chi connectivity index (χ2n) is 1.91. The number of nitrogens with two attached hydrogens (primary N) is 1. The summed E-state index contributed by atoms with van der Waals surface area (Å²) >= 11 is 9.52. The third kappa shape index (κ3) is 2.88. The lowest BCUT2D eigenvalue weighted by Gasteiger charge is -1.92. The molecule has 12 heavy (non-hydrogen) atoms.